The molecule has 1 atom stereocenters. The first-order chi connectivity index (χ1) is 17.7. The third kappa shape index (κ3) is 5.06. The van der Waals surface area contributed by atoms with Crippen LogP contribution in [0.3, 0.4) is 0 Å². The maximum atomic E-state index is 13.7. The molecule has 11 heteroatoms. The van der Waals surface area contributed by atoms with Gasteiger partial charge in [-0.15, -0.1) is 21.5 Å². The van der Waals surface area contributed by atoms with Crippen LogP contribution in [-0.2, 0) is 10.5 Å². The topological polar surface area (TPSA) is 96.3 Å². The van der Waals surface area contributed by atoms with Gasteiger partial charge in [0.05, 0.1) is 27.2 Å². The molecule has 2 aromatic carbocycles. The second kappa shape index (κ2) is 10.4. The fourth-order valence-electron chi connectivity index (χ4n) is 4.05. The zero-order chi connectivity index (χ0) is 26.3. The lowest BCUT2D eigenvalue weighted by molar-refractivity contribution is -0.117. The molecule has 0 bridgehead atoms. The number of nitrogens with zero attached hydrogens (tertiary/aromatic N) is 4. The van der Waals surface area contributed by atoms with Crippen molar-refractivity contribution in [2.75, 3.05) is 4.90 Å². The third-order valence-electron chi connectivity index (χ3n) is 5.83. The van der Waals surface area contributed by atoms with Gasteiger partial charge in [0.1, 0.15) is 0 Å². The number of anilines is 1. The van der Waals surface area contributed by atoms with E-state index in [2.05, 4.69) is 39.4 Å². The van der Waals surface area contributed by atoms with Crippen LogP contribution in [0.4, 0.5) is 5.13 Å². The summed E-state index contributed by atoms with van der Waals surface area (Å²) in [5, 5.41) is 21.0. The van der Waals surface area contributed by atoms with Crippen LogP contribution >= 0.6 is 46.0 Å². The Bertz CT molecular complexity index is 1530. The number of carbonyl (C=O) groups excluding carboxylic acids is 2. The largest absolute Gasteiger partial charge is 0.503 e. The molecule has 2 aromatic heterocycles. The first-order valence-electron chi connectivity index (χ1n) is 11.3. The smallest absolute Gasteiger partial charge is 0.296 e. The summed E-state index contributed by atoms with van der Waals surface area (Å²) in [5.41, 5.74) is 3.50. The van der Waals surface area contributed by atoms with Crippen molar-refractivity contribution in [3.05, 3.63) is 97.2 Å². The fraction of sp³-hybridized carbons (Fsp3) is 0.192. The molecule has 1 aliphatic heterocycles. The molecule has 1 N–H and O–H groups in total. The summed E-state index contributed by atoms with van der Waals surface area (Å²) >= 11 is 10.1. The quantitative estimate of drug-likeness (QED) is 0.151. The summed E-state index contributed by atoms with van der Waals surface area (Å²) in [6.45, 7) is 5.59. The Kier molecular flexibility index (Phi) is 7.17. The molecule has 0 radical (unpaired) electrons. The number of thiazole rings is 1. The fourth-order valence-corrected chi connectivity index (χ4v) is 6.87. The van der Waals surface area contributed by atoms with Crippen LogP contribution < -0.4 is 4.90 Å². The Morgan fingerprint density at radius 2 is 1.76 bits per heavy atom. The number of aliphatic hydroxyl groups excluding tert-OH is 1. The summed E-state index contributed by atoms with van der Waals surface area (Å²) in [4.78, 5) is 33.1. The summed E-state index contributed by atoms with van der Waals surface area (Å²) in [6, 6.07) is 14.2. The number of aromatic nitrogens is 3. The van der Waals surface area contributed by atoms with Gasteiger partial charge in [0.15, 0.2) is 10.1 Å². The molecule has 0 saturated carbocycles. The van der Waals surface area contributed by atoms with Crippen molar-refractivity contribution >= 4 is 62.9 Å². The maximum absolute atomic E-state index is 13.7. The molecule has 1 aliphatic rings. The number of hydrogen-bond acceptors (Lipinski definition) is 9. The van der Waals surface area contributed by atoms with Crippen LogP contribution in [0.2, 0.25) is 5.02 Å². The van der Waals surface area contributed by atoms with Crippen LogP contribution in [0, 0.1) is 20.8 Å². The maximum Gasteiger partial charge on any atom is 0.296 e. The molecule has 37 heavy (non-hydrogen) atoms. The molecule has 1 unspecified atom stereocenters. The third-order valence-corrected chi connectivity index (χ3v) is 9.28. The Hall–Kier alpha value is -3.05. The standard InChI is InChI=1S/C26H21ClN4O3S3/c1-13-4-6-16(7-5-13)12-35-26-30-29-25(37-26)31-20(17-8-10-18(27)11-9-17)19(22(33)24(31)34)21(32)23-14(2)28-15(3)36-23/h4-11,20,33H,12H2,1-3H3. The number of carbonyl (C=O) groups is 2. The van der Waals surface area contributed by atoms with Crippen molar-refractivity contribution < 1.29 is 14.7 Å². The summed E-state index contributed by atoms with van der Waals surface area (Å²) in [6.07, 6.45) is 0. The van der Waals surface area contributed by atoms with Crippen LogP contribution in [0.15, 0.2) is 64.2 Å². The molecule has 5 rings (SSSR count). The van der Waals surface area contributed by atoms with Crippen molar-refractivity contribution in [1.82, 2.24) is 15.2 Å². The second-order valence-corrected chi connectivity index (χ2v) is 12.3. The van der Waals surface area contributed by atoms with Gasteiger partial charge in [-0.2, -0.15) is 0 Å². The highest BCUT2D eigenvalue weighted by molar-refractivity contribution is 8.00. The van der Waals surface area contributed by atoms with Gasteiger partial charge >= 0.3 is 0 Å². The van der Waals surface area contributed by atoms with Crippen molar-refractivity contribution in [2.24, 2.45) is 0 Å². The average molecular weight is 569 g/mol. The number of aliphatic hydroxyl groups is 1. The van der Waals surface area contributed by atoms with Crippen LogP contribution in [0.25, 0.3) is 0 Å². The molecule has 3 heterocycles. The lowest BCUT2D eigenvalue weighted by Gasteiger charge is -2.24. The van der Waals surface area contributed by atoms with Gasteiger partial charge in [0, 0.05) is 10.8 Å². The zero-order valence-electron chi connectivity index (χ0n) is 20.1. The summed E-state index contributed by atoms with van der Waals surface area (Å²) in [7, 11) is 0. The molecule has 188 valence electrons. The van der Waals surface area contributed by atoms with E-state index < -0.39 is 23.5 Å². The lowest BCUT2D eigenvalue weighted by Crippen LogP contribution is -2.31. The molecule has 0 aliphatic carbocycles. The first-order valence-corrected chi connectivity index (χ1v) is 14.3. The molecule has 1 amide bonds. The monoisotopic (exact) mass is 568 g/mol. The summed E-state index contributed by atoms with van der Waals surface area (Å²) < 4.78 is 0.673. The lowest BCUT2D eigenvalue weighted by atomic mass is 9.95. The predicted molar refractivity (Wildman–Crippen MR) is 148 cm³/mol. The Balaban J connectivity index is 1.50. The SMILES string of the molecule is Cc1ccc(CSc2nnc(N3C(=O)C(O)=C(C(=O)c4sc(C)nc4C)C3c3ccc(Cl)cc3)s2)cc1. The Labute approximate surface area is 230 Å². The normalized spacial score (nSPS) is 15.6. The number of Topliss-reactive ketones (excluding diaryl/α,β-unsaturated/α-hetero) is 1. The average Bonchev–Trinajstić information content (AvgIpc) is 3.55. The molecule has 4 aromatic rings. The van der Waals surface area contributed by atoms with Gasteiger partial charge in [0.25, 0.3) is 5.91 Å². The van der Waals surface area contributed by atoms with Crippen LogP contribution in [0.5, 0.6) is 0 Å². The molecule has 7 nitrogen and oxygen atoms in total. The van der Waals surface area contributed by atoms with Crippen molar-refractivity contribution in [3.8, 4) is 0 Å². The predicted octanol–water partition coefficient (Wildman–Crippen LogP) is 6.65. The van der Waals surface area contributed by atoms with E-state index in [9.17, 15) is 14.7 Å². The highest BCUT2D eigenvalue weighted by Gasteiger charge is 2.46. The van der Waals surface area contributed by atoms with Crippen molar-refractivity contribution in [2.45, 2.75) is 36.9 Å². The number of ketones is 1. The minimum Gasteiger partial charge on any atom is -0.503 e. The number of hydrogen-bond donors (Lipinski definition) is 1. The highest BCUT2D eigenvalue weighted by Crippen LogP contribution is 2.44. The minimum absolute atomic E-state index is 0.0110. The number of rotatable bonds is 7. The molecule has 0 saturated heterocycles. The Morgan fingerprint density at radius 1 is 1.05 bits per heavy atom. The highest BCUT2D eigenvalue weighted by atomic mass is 35.5. The Morgan fingerprint density at radius 3 is 2.41 bits per heavy atom. The van der Waals surface area contributed by atoms with Gasteiger partial charge in [-0.05, 0) is 44.0 Å². The van der Waals surface area contributed by atoms with Gasteiger partial charge < -0.3 is 5.11 Å². The van der Waals surface area contributed by atoms with Gasteiger partial charge in [-0.25, -0.2) is 4.98 Å². The van der Waals surface area contributed by atoms with E-state index in [4.69, 9.17) is 11.6 Å². The van der Waals surface area contributed by atoms with Gasteiger partial charge in [0.2, 0.25) is 10.9 Å². The number of benzene rings is 2. The first kappa shape index (κ1) is 25.6. The molecular weight excluding hydrogens is 548 g/mol. The van der Waals surface area contributed by atoms with Crippen LogP contribution in [0.1, 0.15) is 43.1 Å². The van der Waals surface area contributed by atoms with E-state index in [1.807, 2.05) is 13.8 Å². The second-order valence-electron chi connectivity index (χ2n) is 8.49. The van der Waals surface area contributed by atoms with E-state index in [0.717, 1.165) is 10.6 Å². The number of aryl methyl sites for hydroxylation is 3. The van der Waals surface area contributed by atoms with Crippen molar-refractivity contribution in [1.29, 1.82) is 0 Å². The van der Waals surface area contributed by atoms with E-state index in [-0.39, 0.29) is 5.57 Å². The number of halogens is 1. The van der Waals surface area contributed by atoms with E-state index in [0.29, 0.717) is 36.4 Å². The number of thioether (sulfide) groups is 1. The van der Waals surface area contributed by atoms with E-state index in [1.165, 1.54) is 44.9 Å². The van der Waals surface area contributed by atoms with Crippen molar-refractivity contribution in [3.63, 3.8) is 0 Å². The molecular formula is C26H21ClN4O3S3. The minimum atomic E-state index is -0.887. The number of amides is 1. The van der Waals surface area contributed by atoms with E-state index in [1.54, 1.807) is 31.2 Å². The molecule has 0 spiro atoms. The summed E-state index contributed by atoms with van der Waals surface area (Å²) in [5.74, 6) is -1.04. The van der Waals surface area contributed by atoms with Crippen LogP contribution in [-0.4, -0.2) is 32.0 Å². The van der Waals surface area contributed by atoms with Gasteiger partial charge in [-0.3, -0.25) is 14.5 Å². The van der Waals surface area contributed by atoms with Gasteiger partial charge in [-0.1, -0.05) is 76.7 Å². The van der Waals surface area contributed by atoms with E-state index >= 15 is 0 Å². The molecule has 0 fully saturated rings. The zero-order valence-corrected chi connectivity index (χ0v) is 23.3.